The summed E-state index contributed by atoms with van der Waals surface area (Å²) in [5.74, 6) is 0.662. The molecule has 2 bridgehead atoms. The van der Waals surface area contributed by atoms with Crippen molar-refractivity contribution in [3.8, 4) is 17.4 Å². The van der Waals surface area contributed by atoms with Crippen LogP contribution in [0.1, 0.15) is 35.8 Å². The van der Waals surface area contributed by atoms with Crippen molar-refractivity contribution < 1.29 is 10.2 Å². The van der Waals surface area contributed by atoms with Gasteiger partial charge in [0.2, 0.25) is 11.8 Å². The van der Waals surface area contributed by atoms with Crippen molar-refractivity contribution >= 4 is 11.0 Å². The molecule has 6 rings (SSSR count). The Hall–Kier alpha value is -2.76. The Morgan fingerprint density at radius 1 is 0.955 bits per heavy atom. The molecule has 2 heterocycles. The van der Waals surface area contributed by atoms with Crippen LogP contribution in [-0.4, -0.2) is 30.2 Å². The van der Waals surface area contributed by atoms with Gasteiger partial charge in [-0.05, 0) is 31.0 Å². The Balaban J connectivity index is 1.77. The molecule has 0 unspecified atom stereocenters. The maximum Gasteiger partial charge on any atom is 0.202 e. The third-order valence-corrected chi connectivity index (χ3v) is 4.86. The lowest BCUT2D eigenvalue weighted by molar-refractivity contribution is 0.399. The standard InChI is InChI=1S/C16H14N4O2/c21-15-13-8-1-2-9(4-3-8)14(13)16(22)20(15)10-5-6-11-12(7-10)18-19-17-11/h1-2,5-9,21-22H,3-4H2,(H,17,18,19)/t8-,9+. The summed E-state index contributed by atoms with van der Waals surface area (Å²) in [5.41, 5.74) is 3.88. The summed E-state index contributed by atoms with van der Waals surface area (Å²) in [6.07, 6.45) is 6.32. The molecule has 2 atom stereocenters. The van der Waals surface area contributed by atoms with Gasteiger partial charge < -0.3 is 10.2 Å². The molecule has 3 aliphatic rings. The highest BCUT2D eigenvalue weighted by Gasteiger charge is 2.37. The SMILES string of the molecule is Oc1c2c(c(O)n1-c1ccc3n[nH]nc3c1)[C@H]1C=C[C@@H]2CC1. The molecule has 0 saturated heterocycles. The number of hydrogen-bond acceptors (Lipinski definition) is 4. The van der Waals surface area contributed by atoms with E-state index in [1.54, 1.807) is 6.07 Å². The molecule has 2 aromatic heterocycles. The minimum Gasteiger partial charge on any atom is -0.494 e. The number of rotatable bonds is 1. The number of benzene rings is 1. The first-order valence-electron chi connectivity index (χ1n) is 7.39. The lowest BCUT2D eigenvalue weighted by atomic mass is 9.73. The Bertz CT molecular complexity index is 900. The van der Waals surface area contributed by atoms with E-state index in [1.165, 1.54) is 4.57 Å². The van der Waals surface area contributed by atoms with E-state index in [0.717, 1.165) is 29.5 Å². The average molecular weight is 294 g/mol. The summed E-state index contributed by atoms with van der Waals surface area (Å²) in [6.45, 7) is 0. The first-order valence-corrected chi connectivity index (χ1v) is 7.39. The van der Waals surface area contributed by atoms with Gasteiger partial charge in [0.1, 0.15) is 11.0 Å². The van der Waals surface area contributed by atoms with Gasteiger partial charge in [-0.2, -0.15) is 15.4 Å². The second kappa shape index (κ2) is 3.91. The fourth-order valence-corrected chi connectivity index (χ4v) is 3.83. The van der Waals surface area contributed by atoms with Crippen molar-refractivity contribution in [1.29, 1.82) is 0 Å². The second-order valence-electron chi connectivity index (χ2n) is 5.98. The molecule has 0 spiro atoms. The van der Waals surface area contributed by atoms with Gasteiger partial charge in [-0.25, -0.2) is 0 Å². The van der Waals surface area contributed by atoms with Crippen LogP contribution < -0.4 is 0 Å². The molecular formula is C16H14N4O2. The predicted octanol–water partition coefficient (Wildman–Crippen LogP) is 2.69. The van der Waals surface area contributed by atoms with Crippen molar-refractivity contribution in [2.45, 2.75) is 24.7 Å². The zero-order chi connectivity index (χ0) is 14.8. The predicted molar refractivity (Wildman–Crippen MR) is 80.4 cm³/mol. The van der Waals surface area contributed by atoms with Crippen molar-refractivity contribution in [2.24, 2.45) is 0 Å². The third-order valence-electron chi connectivity index (χ3n) is 4.86. The second-order valence-corrected chi connectivity index (χ2v) is 5.98. The Labute approximate surface area is 125 Å². The Kier molecular flexibility index (Phi) is 2.11. The Morgan fingerprint density at radius 3 is 2.23 bits per heavy atom. The van der Waals surface area contributed by atoms with Crippen molar-refractivity contribution in [2.75, 3.05) is 0 Å². The van der Waals surface area contributed by atoms with Crippen molar-refractivity contribution in [1.82, 2.24) is 20.0 Å². The van der Waals surface area contributed by atoms with Crippen LogP contribution in [-0.2, 0) is 0 Å². The maximum atomic E-state index is 10.7. The van der Waals surface area contributed by atoms with Crippen LogP contribution >= 0.6 is 0 Å². The lowest BCUT2D eigenvalue weighted by Gasteiger charge is -2.30. The van der Waals surface area contributed by atoms with Crippen LogP contribution in [0.15, 0.2) is 30.4 Å². The van der Waals surface area contributed by atoms with E-state index in [0.29, 0.717) is 11.2 Å². The van der Waals surface area contributed by atoms with E-state index in [1.807, 2.05) is 12.1 Å². The smallest absolute Gasteiger partial charge is 0.202 e. The summed E-state index contributed by atoms with van der Waals surface area (Å²) in [4.78, 5) is 0. The van der Waals surface area contributed by atoms with E-state index in [2.05, 4.69) is 27.6 Å². The van der Waals surface area contributed by atoms with E-state index >= 15 is 0 Å². The number of aromatic amines is 1. The fraction of sp³-hybridized carbons (Fsp3) is 0.250. The molecule has 0 aliphatic heterocycles. The van der Waals surface area contributed by atoms with E-state index in [9.17, 15) is 10.2 Å². The highest BCUT2D eigenvalue weighted by atomic mass is 16.3. The van der Waals surface area contributed by atoms with E-state index in [-0.39, 0.29) is 23.6 Å². The van der Waals surface area contributed by atoms with Crippen LogP contribution in [0.3, 0.4) is 0 Å². The monoisotopic (exact) mass is 294 g/mol. The first-order chi connectivity index (χ1) is 10.7. The number of hydrogen-bond donors (Lipinski definition) is 3. The lowest BCUT2D eigenvalue weighted by Crippen LogP contribution is -2.15. The summed E-state index contributed by atoms with van der Waals surface area (Å²) in [5, 5.41) is 32.0. The number of allylic oxidation sites excluding steroid dienone is 2. The van der Waals surface area contributed by atoms with Crippen LogP contribution in [0.25, 0.3) is 16.7 Å². The van der Waals surface area contributed by atoms with Gasteiger partial charge >= 0.3 is 0 Å². The molecule has 3 N–H and O–H groups in total. The van der Waals surface area contributed by atoms with Crippen molar-refractivity contribution in [3.05, 3.63) is 41.5 Å². The number of aromatic hydroxyl groups is 2. The molecule has 3 aromatic rings. The molecule has 6 heteroatoms. The summed E-state index contributed by atoms with van der Waals surface area (Å²) in [7, 11) is 0. The highest BCUT2D eigenvalue weighted by Crippen LogP contribution is 2.54. The molecule has 0 radical (unpaired) electrons. The minimum atomic E-state index is 0.134. The summed E-state index contributed by atoms with van der Waals surface area (Å²) < 4.78 is 1.51. The molecule has 0 saturated carbocycles. The van der Waals surface area contributed by atoms with Crippen LogP contribution in [0.4, 0.5) is 0 Å². The molecule has 22 heavy (non-hydrogen) atoms. The molecular weight excluding hydrogens is 280 g/mol. The van der Waals surface area contributed by atoms with Gasteiger partial charge in [-0.1, -0.05) is 12.2 Å². The van der Waals surface area contributed by atoms with Crippen molar-refractivity contribution in [3.63, 3.8) is 0 Å². The van der Waals surface area contributed by atoms with Gasteiger partial charge in [0.15, 0.2) is 0 Å². The van der Waals surface area contributed by atoms with Gasteiger partial charge in [0.25, 0.3) is 0 Å². The van der Waals surface area contributed by atoms with Crippen LogP contribution in [0, 0.1) is 0 Å². The molecule has 0 amide bonds. The van der Waals surface area contributed by atoms with Crippen LogP contribution in [0.2, 0.25) is 0 Å². The average Bonchev–Trinajstić information content (AvgIpc) is 3.12. The molecule has 0 fully saturated rings. The summed E-state index contributed by atoms with van der Waals surface area (Å²) >= 11 is 0. The molecule has 3 aliphatic carbocycles. The Morgan fingerprint density at radius 2 is 1.59 bits per heavy atom. The quantitative estimate of drug-likeness (QED) is 0.602. The van der Waals surface area contributed by atoms with Gasteiger partial charge in [0.05, 0.1) is 5.69 Å². The maximum absolute atomic E-state index is 10.7. The number of nitrogens with one attached hydrogen (secondary N) is 1. The normalized spacial score (nSPS) is 22.4. The zero-order valence-electron chi connectivity index (χ0n) is 11.7. The van der Waals surface area contributed by atoms with Gasteiger partial charge in [-0.3, -0.25) is 4.57 Å². The molecule has 110 valence electrons. The van der Waals surface area contributed by atoms with E-state index in [4.69, 9.17) is 0 Å². The zero-order valence-corrected chi connectivity index (χ0v) is 11.7. The number of nitrogens with zero attached hydrogens (tertiary/aromatic N) is 3. The highest BCUT2D eigenvalue weighted by molar-refractivity contribution is 5.76. The fourth-order valence-electron chi connectivity index (χ4n) is 3.83. The van der Waals surface area contributed by atoms with Gasteiger partial charge in [0, 0.05) is 23.0 Å². The van der Waals surface area contributed by atoms with E-state index < -0.39 is 0 Å². The largest absolute Gasteiger partial charge is 0.494 e. The third kappa shape index (κ3) is 1.34. The molecule has 6 nitrogen and oxygen atoms in total. The first kappa shape index (κ1) is 11.9. The summed E-state index contributed by atoms with van der Waals surface area (Å²) in [6, 6.07) is 5.45. The molecule has 1 aromatic carbocycles. The topological polar surface area (TPSA) is 87.0 Å². The van der Waals surface area contributed by atoms with Gasteiger partial charge in [-0.15, -0.1) is 0 Å². The number of H-pyrrole nitrogens is 1. The minimum absolute atomic E-state index is 0.134. The number of fused-ring (bicyclic) bond motifs is 2. The number of aromatic nitrogens is 4. The van der Waals surface area contributed by atoms with Crippen LogP contribution in [0.5, 0.6) is 11.8 Å².